The van der Waals surface area contributed by atoms with Crippen LogP contribution in [0.4, 0.5) is 5.69 Å². The number of methoxy groups -OCH3 is 2. The number of hydrogen-bond acceptors (Lipinski definition) is 6. The van der Waals surface area contributed by atoms with Gasteiger partial charge in [-0.3, -0.25) is 9.48 Å². The molecule has 1 amide bonds. The monoisotopic (exact) mass is 480 g/mol. The Morgan fingerprint density at radius 3 is 2.47 bits per heavy atom. The first-order valence-electron chi connectivity index (χ1n) is 10.6. The van der Waals surface area contributed by atoms with Gasteiger partial charge in [0.15, 0.2) is 11.8 Å². The smallest absolute Gasteiger partial charge is 0.265 e. The number of fused-ring (bicyclic) bond motifs is 1. The number of amides is 1. The fourth-order valence-corrected chi connectivity index (χ4v) is 4.00. The molecule has 0 spiro atoms. The Kier molecular flexibility index (Phi) is 6.61. The molecule has 9 heteroatoms. The molecule has 176 valence electrons. The van der Waals surface area contributed by atoms with Crippen LogP contribution in [0.1, 0.15) is 12.6 Å². The molecule has 0 aliphatic heterocycles. The van der Waals surface area contributed by atoms with Crippen molar-refractivity contribution in [3.8, 4) is 28.5 Å². The van der Waals surface area contributed by atoms with E-state index >= 15 is 0 Å². The van der Waals surface area contributed by atoms with Crippen molar-refractivity contribution in [2.75, 3.05) is 19.5 Å². The Morgan fingerprint density at radius 1 is 1.09 bits per heavy atom. The molecule has 4 rings (SSSR count). The first-order valence-corrected chi connectivity index (χ1v) is 11.0. The first-order chi connectivity index (χ1) is 16.3. The maximum Gasteiger partial charge on any atom is 0.265 e. The van der Waals surface area contributed by atoms with Gasteiger partial charge in [0.05, 0.1) is 36.0 Å². The van der Waals surface area contributed by atoms with Crippen LogP contribution >= 0.6 is 11.6 Å². The highest BCUT2D eigenvalue weighted by Crippen LogP contribution is 2.36. The molecule has 1 unspecified atom stereocenters. The number of nitrogens with one attached hydrogen (secondary N) is 1. The third kappa shape index (κ3) is 4.49. The maximum atomic E-state index is 12.9. The normalized spacial score (nSPS) is 11.8. The highest BCUT2D eigenvalue weighted by Gasteiger charge is 2.21. The molecular formula is C25H25ClN4O4. The van der Waals surface area contributed by atoms with Gasteiger partial charge in [0.25, 0.3) is 5.91 Å². The zero-order valence-corrected chi connectivity index (χ0v) is 20.3. The van der Waals surface area contributed by atoms with Gasteiger partial charge in [-0.05, 0) is 31.0 Å². The van der Waals surface area contributed by atoms with Crippen LogP contribution < -0.4 is 19.5 Å². The number of aromatic nitrogens is 3. The standard InChI is InChI=1S/C25H25ClN4O4/c1-14-23-17(16-9-7-6-8-10-16)11-22(28-24(23)30(3)29-14)34-15(2)25(31)27-19-12-18(26)20(32-4)13-21(19)33-5/h6-13,15H,1-5H3,(H,27,31). The number of halogens is 1. The summed E-state index contributed by atoms with van der Waals surface area (Å²) < 4.78 is 18.2. The number of pyridine rings is 1. The van der Waals surface area contributed by atoms with Crippen LogP contribution in [0.2, 0.25) is 5.02 Å². The van der Waals surface area contributed by atoms with Gasteiger partial charge in [-0.2, -0.15) is 10.1 Å². The summed E-state index contributed by atoms with van der Waals surface area (Å²) in [5.41, 5.74) is 3.88. The van der Waals surface area contributed by atoms with Crippen molar-refractivity contribution in [1.82, 2.24) is 14.8 Å². The molecule has 0 saturated carbocycles. The van der Waals surface area contributed by atoms with Gasteiger partial charge in [-0.15, -0.1) is 0 Å². The molecule has 1 atom stereocenters. The highest BCUT2D eigenvalue weighted by atomic mass is 35.5. The van der Waals surface area contributed by atoms with E-state index in [9.17, 15) is 4.79 Å². The van der Waals surface area contributed by atoms with Crippen molar-refractivity contribution in [1.29, 1.82) is 0 Å². The lowest BCUT2D eigenvalue weighted by Gasteiger charge is -2.17. The molecule has 34 heavy (non-hydrogen) atoms. The average molecular weight is 481 g/mol. The molecule has 0 aliphatic carbocycles. The minimum absolute atomic E-state index is 0.316. The first kappa shape index (κ1) is 23.4. The van der Waals surface area contributed by atoms with E-state index in [0.717, 1.165) is 22.2 Å². The van der Waals surface area contributed by atoms with E-state index < -0.39 is 6.10 Å². The second-order valence-electron chi connectivity index (χ2n) is 7.72. The Hall–Kier alpha value is -3.78. The van der Waals surface area contributed by atoms with Crippen LogP contribution in [0.15, 0.2) is 48.5 Å². The predicted octanol–water partition coefficient (Wildman–Crippen LogP) is 5.02. The number of ether oxygens (including phenoxy) is 3. The lowest BCUT2D eigenvalue weighted by molar-refractivity contribution is -0.122. The van der Waals surface area contributed by atoms with Crippen LogP contribution in [0.5, 0.6) is 17.4 Å². The Bertz CT molecular complexity index is 1350. The van der Waals surface area contributed by atoms with Crippen LogP contribution in [0.25, 0.3) is 22.2 Å². The number of anilines is 1. The third-order valence-electron chi connectivity index (χ3n) is 5.43. The van der Waals surface area contributed by atoms with Gasteiger partial charge in [-0.25, -0.2) is 0 Å². The quantitative estimate of drug-likeness (QED) is 0.399. The fraction of sp³-hybridized carbons (Fsp3) is 0.240. The van der Waals surface area contributed by atoms with Crippen molar-refractivity contribution < 1.29 is 19.0 Å². The van der Waals surface area contributed by atoms with Gasteiger partial charge in [-0.1, -0.05) is 41.9 Å². The van der Waals surface area contributed by atoms with Crippen molar-refractivity contribution in [2.45, 2.75) is 20.0 Å². The number of carbonyl (C=O) groups excluding carboxylic acids is 1. The van der Waals surface area contributed by atoms with Crippen LogP contribution in [-0.4, -0.2) is 41.0 Å². The molecule has 2 heterocycles. The lowest BCUT2D eigenvalue weighted by Crippen LogP contribution is -2.30. The van der Waals surface area contributed by atoms with E-state index in [1.54, 1.807) is 23.7 Å². The van der Waals surface area contributed by atoms with E-state index in [0.29, 0.717) is 33.7 Å². The summed E-state index contributed by atoms with van der Waals surface area (Å²) in [6.45, 7) is 3.59. The van der Waals surface area contributed by atoms with Crippen LogP contribution in [-0.2, 0) is 11.8 Å². The van der Waals surface area contributed by atoms with Crippen molar-refractivity contribution >= 4 is 34.2 Å². The number of aryl methyl sites for hydroxylation is 2. The minimum atomic E-state index is -0.853. The number of hydrogen-bond donors (Lipinski definition) is 1. The van der Waals surface area contributed by atoms with Crippen LogP contribution in [0.3, 0.4) is 0 Å². The summed E-state index contributed by atoms with van der Waals surface area (Å²) in [6, 6.07) is 14.9. The third-order valence-corrected chi connectivity index (χ3v) is 5.72. The molecule has 0 bridgehead atoms. The summed E-state index contributed by atoms with van der Waals surface area (Å²) in [6.07, 6.45) is -0.853. The number of nitrogens with zero attached hydrogens (tertiary/aromatic N) is 3. The van der Waals surface area contributed by atoms with Gasteiger partial charge in [0.1, 0.15) is 11.5 Å². The second kappa shape index (κ2) is 9.61. The molecule has 2 aromatic heterocycles. The number of benzene rings is 2. The van der Waals surface area contributed by atoms with E-state index in [1.807, 2.05) is 50.4 Å². The minimum Gasteiger partial charge on any atom is -0.495 e. The molecule has 0 saturated heterocycles. The molecule has 0 aliphatic rings. The summed E-state index contributed by atoms with van der Waals surface area (Å²) in [7, 11) is 4.83. The molecule has 2 aromatic carbocycles. The van der Waals surface area contributed by atoms with Gasteiger partial charge >= 0.3 is 0 Å². The fourth-order valence-electron chi connectivity index (χ4n) is 3.75. The Morgan fingerprint density at radius 2 is 1.79 bits per heavy atom. The van der Waals surface area contributed by atoms with E-state index in [4.69, 9.17) is 25.8 Å². The summed E-state index contributed by atoms with van der Waals surface area (Å²) >= 11 is 6.22. The summed E-state index contributed by atoms with van der Waals surface area (Å²) in [5, 5.41) is 8.60. The van der Waals surface area contributed by atoms with Gasteiger partial charge in [0, 0.05) is 19.2 Å². The molecule has 1 N–H and O–H groups in total. The van der Waals surface area contributed by atoms with Crippen molar-refractivity contribution in [3.05, 3.63) is 59.2 Å². The molecule has 0 radical (unpaired) electrons. The van der Waals surface area contributed by atoms with E-state index in [-0.39, 0.29) is 5.91 Å². The average Bonchev–Trinajstić information content (AvgIpc) is 3.12. The maximum absolute atomic E-state index is 12.9. The zero-order chi connectivity index (χ0) is 24.4. The Labute approximate surface area is 202 Å². The van der Waals surface area contributed by atoms with Crippen molar-refractivity contribution in [2.24, 2.45) is 7.05 Å². The highest BCUT2D eigenvalue weighted by molar-refractivity contribution is 6.32. The number of rotatable bonds is 7. The summed E-state index contributed by atoms with van der Waals surface area (Å²) in [5.74, 6) is 0.789. The predicted molar refractivity (Wildman–Crippen MR) is 132 cm³/mol. The largest absolute Gasteiger partial charge is 0.495 e. The van der Waals surface area contributed by atoms with Gasteiger partial charge in [0.2, 0.25) is 5.88 Å². The Balaban J connectivity index is 1.63. The van der Waals surface area contributed by atoms with E-state index in [2.05, 4.69) is 15.4 Å². The molecule has 0 fully saturated rings. The summed E-state index contributed by atoms with van der Waals surface area (Å²) in [4.78, 5) is 17.5. The van der Waals surface area contributed by atoms with Crippen molar-refractivity contribution in [3.63, 3.8) is 0 Å². The SMILES string of the molecule is COc1cc(OC)c(NC(=O)C(C)Oc2cc(-c3ccccc3)c3c(C)nn(C)c3n2)cc1Cl. The topological polar surface area (TPSA) is 87.5 Å². The van der Waals surface area contributed by atoms with Gasteiger partial charge < -0.3 is 19.5 Å². The second-order valence-corrected chi connectivity index (χ2v) is 8.13. The zero-order valence-electron chi connectivity index (χ0n) is 19.5. The molecular weight excluding hydrogens is 456 g/mol. The van der Waals surface area contributed by atoms with E-state index in [1.165, 1.54) is 14.2 Å². The van der Waals surface area contributed by atoms with Crippen LogP contribution in [0, 0.1) is 6.92 Å². The lowest BCUT2D eigenvalue weighted by atomic mass is 10.0. The number of carbonyl (C=O) groups is 1. The molecule has 4 aromatic rings. The molecule has 8 nitrogen and oxygen atoms in total.